The Bertz CT molecular complexity index is 1360. The Morgan fingerprint density at radius 1 is 0.738 bits per heavy atom. The number of likely N-dealkylation sites (tertiary alicyclic amines) is 1. The zero-order valence-corrected chi connectivity index (χ0v) is 24.0. The van der Waals surface area contributed by atoms with Gasteiger partial charge < -0.3 is 14.9 Å². The molecule has 0 saturated carbocycles. The Hall–Kier alpha value is -4.42. The van der Waals surface area contributed by atoms with Gasteiger partial charge in [-0.05, 0) is 67.6 Å². The molecule has 4 aromatic carbocycles. The maximum Gasteiger partial charge on any atom is 0.407 e. The molecule has 2 amide bonds. The van der Waals surface area contributed by atoms with Gasteiger partial charge in [-0.25, -0.2) is 4.79 Å². The fraction of sp³-hybridized carbons (Fsp3) is 0.278. The number of carboxylic acid groups (broad SMARTS) is 1. The van der Waals surface area contributed by atoms with E-state index >= 15 is 0 Å². The van der Waals surface area contributed by atoms with E-state index in [1.807, 2.05) is 77.7 Å². The van der Waals surface area contributed by atoms with Crippen molar-refractivity contribution in [2.24, 2.45) is 0 Å². The molecule has 1 heterocycles. The van der Waals surface area contributed by atoms with Crippen LogP contribution in [0.2, 0.25) is 0 Å². The number of amides is 2. The SMILES string of the molecule is O=C(c1ccccc1)N(c1ccccc1)C1CCN(C(=O)O)[C@@H](CCCN(Cc2ccccc2)Cc2ccccc2)C1. The van der Waals surface area contributed by atoms with Crippen LogP contribution in [0.3, 0.4) is 0 Å². The van der Waals surface area contributed by atoms with Gasteiger partial charge in [0.1, 0.15) is 0 Å². The molecule has 0 spiro atoms. The van der Waals surface area contributed by atoms with Crippen molar-refractivity contribution in [3.63, 3.8) is 0 Å². The summed E-state index contributed by atoms with van der Waals surface area (Å²) < 4.78 is 0. The summed E-state index contributed by atoms with van der Waals surface area (Å²) in [4.78, 5) is 32.0. The molecule has 0 aliphatic carbocycles. The molecule has 0 aromatic heterocycles. The van der Waals surface area contributed by atoms with Crippen molar-refractivity contribution in [3.05, 3.63) is 138 Å². The molecule has 1 unspecified atom stereocenters. The van der Waals surface area contributed by atoms with Crippen LogP contribution in [0.1, 0.15) is 47.2 Å². The number of para-hydroxylation sites is 1. The third-order valence-corrected chi connectivity index (χ3v) is 8.08. The Balaban J connectivity index is 1.31. The van der Waals surface area contributed by atoms with Crippen LogP contribution in [-0.2, 0) is 13.1 Å². The molecule has 216 valence electrons. The van der Waals surface area contributed by atoms with Crippen LogP contribution in [-0.4, -0.2) is 52.1 Å². The van der Waals surface area contributed by atoms with E-state index in [4.69, 9.17) is 0 Å². The van der Waals surface area contributed by atoms with E-state index in [-0.39, 0.29) is 18.0 Å². The molecule has 0 radical (unpaired) electrons. The molecule has 6 nitrogen and oxygen atoms in total. The van der Waals surface area contributed by atoms with Gasteiger partial charge in [-0.1, -0.05) is 97.1 Å². The van der Waals surface area contributed by atoms with Gasteiger partial charge in [0.25, 0.3) is 5.91 Å². The van der Waals surface area contributed by atoms with Crippen LogP contribution in [0.5, 0.6) is 0 Å². The quantitative estimate of drug-likeness (QED) is 0.208. The summed E-state index contributed by atoms with van der Waals surface area (Å²) in [7, 11) is 0. The maximum atomic E-state index is 13.8. The predicted molar refractivity (Wildman–Crippen MR) is 167 cm³/mol. The minimum Gasteiger partial charge on any atom is -0.465 e. The summed E-state index contributed by atoms with van der Waals surface area (Å²) in [5.74, 6) is -0.0498. The minimum atomic E-state index is -0.885. The lowest BCUT2D eigenvalue weighted by Gasteiger charge is -2.42. The lowest BCUT2D eigenvalue weighted by molar-refractivity contribution is 0.0863. The second kappa shape index (κ2) is 14.5. The third-order valence-electron chi connectivity index (χ3n) is 8.08. The first kappa shape index (κ1) is 29.1. The summed E-state index contributed by atoms with van der Waals surface area (Å²) in [6, 6.07) is 39.8. The second-order valence-electron chi connectivity index (χ2n) is 11.0. The van der Waals surface area contributed by atoms with E-state index < -0.39 is 6.09 Å². The van der Waals surface area contributed by atoms with Crippen molar-refractivity contribution in [1.82, 2.24) is 9.80 Å². The molecule has 42 heavy (non-hydrogen) atoms. The highest BCUT2D eigenvalue weighted by molar-refractivity contribution is 6.06. The van der Waals surface area contributed by atoms with Crippen LogP contribution in [0.15, 0.2) is 121 Å². The van der Waals surface area contributed by atoms with Crippen LogP contribution >= 0.6 is 0 Å². The zero-order chi connectivity index (χ0) is 29.1. The second-order valence-corrected chi connectivity index (χ2v) is 11.0. The highest BCUT2D eigenvalue weighted by Crippen LogP contribution is 2.30. The van der Waals surface area contributed by atoms with Gasteiger partial charge in [0.2, 0.25) is 0 Å². The Morgan fingerprint density at radius 2 is 1.26 bits per heavy atom. The molecular weight excluding hydrogens is 522 g/mol. The van der Waals surface area contributed by atoms with E-state index in [0.29, 0.717) is 24.9 Å². The number of piperidine rings is 1. The summed E-state index contributed by atoms with van der Waals surface area (Å²) in [5.41, 5.74) is 4.00. The van der Waals surface area contributed by atoms with Crippen molar-refractivity contribution in [2.75, 3.05) is 18.0 Å². The number of benzene rings is 4. The van der Waals surface area contributed by atoms with Gasteiger partial charge in [-0.15, -0.1) is 0 Å². The van der Waals surface area contributed by atoms with Gasteiger partial charge in [0.05, 0.1) is 0 Å². The standard InChI is InChI=1S/C36H39N3O3/c40-35(31-18-9-3-10-19-31)39(32-20-11-4-12-21-32)34-23-25-38(36(41)42)33(26-34)22-13-24-37(27-29-14-5-1-6-15-29)28-30-16-7-2-8-17-30/h1-12,14-21,33-34H,13,22-28H2,(H,41,42)/t33-,34?/m0/s1. The van der Waals surface area contributed by atoms with Crippen molar-refractivity contribution < 1.29 is 14.7 Å². The van der Waals surface area contributed by atoms with E-state index in [9.17, 15) is 14.7 Å². The Labute approximate surface area is 248 Å². The van der Waals surface area contributed by atoms with E-state index in [1.54, 1.807) is 4.90 Å². The molecule has 0 bridgehead atoms. The normalized spacial score (nSPS) is 16.7. The summed E-state index contributed by atoms with van der Waals surface area (Å²) in [6.45, 7) is 2.93. The van der Waals surface area contributed by atoms with Crippen LogP contribution in [0.25, 0.3) is 0 Å². The first-order chi connectivity index (χ1) is 20.6. The lowest BCUT2D eigenvalue weighted by Crippen LogP contribution is -2.53. The van der Waals surface area contributed by atoms with Gasteiger partial charge in [0.15, 0.2) is 0 Å². The average molecular weight is 562 g/mol. The molecule has 1 aliphatic heterocycles. The largest absolute Gasteiger partial charge is 0.465 e. The first-order valence-corrected chi connectivity index (χ1v) is 14.8. The van der Waals surface area contributed by atoms with Crippen molar-refractivity contribution >= 4 is 17.7 Å². The van der Waals surface area contributed by atoms with Crippen LogP contribution < -0.4 is 4.90 Å². The maximum absolute atomic E-state index is 13.8. The smallest absolute Gasteiger partial charge is 0.407 e. The molecule has 5 rings (SSSR count). The highest BCUT2D eigenvalue weighted by Gasteiger charge is 2.36. The van der Waals surface area contributed by atoms with E-state index in [2.05, 4.69) is 53.4 Å². The molecule has 1 saturated heterocycles. The molecule has 6 heteroatoms. The van der Waals surface area contributed by atoms with Crippen LogP contribution in [0.4, 0.5) is 10.5 Å². The lowest BCUT2D eigenvalue weighted by atomic mass is 9.92. The van der Waals surface area contributed by atoms with Crippen LogP contribution in [0, 0.1) is 0 Å². The van der Waals surface area contributed by atoms with Crippen molar-refractivity contribution in [2.45, 2.75) is 50.9 Å². The number of nitrogens with zero attached hydrogens (tertiary/aromatic N) is 3. The molecule has 4 aromatic rings. The monoisotopic (exact) mass is 561 g/mol. The van der Waals surface area contributed by atoms with Crippen molar-refractivity contribution in [1.29, 1.82) is 0 Å². The van der Waals surface area contributed by atoms with Crippen molar-refractivity contribution in [3.8, 4) is 0 Å². The fourth-order valence-electron chi connectivity index (χ4n) is 6.04. The Morgan fingerprint density at radius 3 is 1.81 bits per heavy atom. The number of hydrogen-bond acceptors (Lipinski definition) is 3. The molecule has 1 fully saturated rings. The topological polar surface area (TPSA) is 64.1 Å². The number of rotatable bonds is 11. The molecular formula is C36H39N3O3. The molecule has 2 atom stereocenters. The van der Waals surface area contributed by atoms with Gasteiger partial charge in [0, 0.05) is 43.0 Å². The fourth-order valence-corrected chi connectivity index (χ4v) is 6.04. The van der Waals surface area contributed by atoms with Gasteiger partial charge >= 0.3 is 6.09 Å². The average Bonchev–Trinajstić information content (AvgIpc) is 3.03. The number of carbonyl (C=O) groups is 2. The molecule has 1 aliphatic rings. The van der Waals surface area contributed by atoms with E-state index in [0.717, 1.165) is 38.2 Å². The first-order valence-electron chi connectivity index (χ1n) is 14.8. The zero-order valence-electron chi connectivity index (χ0n) is 24.0. The number of hydrogen-bond donors (Lipinski definition) is 1. The minimum absolute atomic E-state index is 0.0498. The summed E-state index contributed by atoms with van der Waals surface area (Å²) in [5, 5.41) is 10.1. The predicted octanol–water partition coefficient (Wildman–Crippen LogP) is 7.33. The van der Waals surface area contributed by atoms with E-state index in [1.165, 1.54) is 11.1 Å². The summed E-state index contributed by atoms with van der Waals surface area (Å²) >= 11 is 0. The highest BCUT2D eigenvalue weighted by atomic mass is 16.4. The third kappa shape index (κ3) is 7.65. The molecule has 1 N–H and O–H groups in total. The van der Waals surface area contributed by atoms with Gasteiger partial charge in [-0.3, -0.25) is 9.69 Å². The Kier molecular flexibility index (Phi) is 10.0. The number of anilines is 1. The number of carbonyl (C=O) groups excluding carboxylic acids is 1. The van der Waals surface area contributed by atoms with Gasteiger partial charge in [-0.2, -0.15) is 0 Å². The summed E-state index contributed by atoms with van der Waals surface area (Å²) in [6.07, 6.45) is 1.93.